The summed E-state index contributed by atoms with van der Waals surface area (Å²) in [6.45, 7) is 9.70. The number of carbonyl (C=O) groups excluding carboxylic acids is 1. The third-order valence-corrected chi connectivity index (χ3v) is 4.84. The van der Waals surface area contributed by atoms with Gasteiger partial charge in [-0.15, -0.1) is 0 Å². The van der Waals surface area contributed by atoms with Crippen molar-refractivity contribution < 1.29 is 14.3 Å². The molecule has 5 heteroatoms. The van der Waals surface area contributed by atoms with E-state index in [1.807, 2.05) is 12.1 Å². The zero-order valence-corrected chi connectivity index (χ0v) is 16.0. The smallest absolute Gasteiger partial charge is 0.228 e. The molecule has 0 aromatic heterocycles. The normalized spacial score (nSPS) is 17.1. The molecule has 0 aliphatic carbocycles. The van der Waals surface area contributed by atoms with Gasteiger partial charge < -0.3 is 20.1 Å². The van der Waals surface area contributed by atoms with Crippen LogP contribution in [-0.4, -0.2) is 45.9 Å². The van der Waals surface area contributed by atoms with Crippen LogP contribution in [0.3, 0.4) is 0 Å². The molecule has 0 saturated carbocycles. The molecular formula is C20H32N2O3. The molecular weight excluding hydrogens is 316 g/mol. The zero-order chi connectivity index (χ0) is 18.3. The van der Waals surface area contributed by atoms with E-state index in [0.29, 0.717) is 19.8 Å². The summed E-state index contributed by atoms with van der Waals surface area (Å²) in [6, 6.07) is 8.16. The van der Waals surface area contributed by atoms with Crippen LogP contribution >= 0.6 is 0 Å². The Bertz CT molecular complexity index is 538. The average Bonchev–Trinajstić information content (AvgIpc) is 2.59. The molecule has 5 nitrogen and oxygen atoms in total. The Labute approximate surface area is 151 Å². The van der Waals surface area contributed by atoms with Gasteiger partial charge in [0.15, 0.2) is 0 Å². The summed E-state index contributed by atoms with van der Waals surface area (Å²) < 4.78 is 11.0. The van der Waals surface area contributed by atoms with Gasteiger partial charge in [-0.05, 0) is 49.0 Å². The van der Waals surface area contributed by atoms with Crippen LogP contribution in [0.5, 0.6) is 5.75 Å². The summed E-state index contributed by atoms with van der Waals surface area (Å²) in [6.07, 6.45) is 1.61. The van der Waals surface area contributed by atoms with Crippen molar-refractivity contribution in [1.29, 1.82) is 0 Å². The Morgan fingerprint density at radius 1 is 1.20 bits per heavy atom. The Kier molecular flexibility index (Phi) is 6.85. The molecule has 140 valence electrons. The predicted octanol–water partition coefficient (Wildman–Crippen LogP) is 2.50. The summed E-state index contributed by atoms with van der Waals surface area (Å²) in [4.78, 5) is 12.6. The molecule has 1 aliphatic heterocycles. The molecule has 1 aliphatic rings. The van der Waals surface area contributed by atoms with E-state index in [9.17, 15) is 4.79 Å². The molecule has 0 atom stereocenters. The largest absolute Gasteiger partial charge is 0.492 e. The minimum atomic E-state index is -0.408. The van der Waals surface area contributed by atoms with E-state index in [2.05, 4.69) is 43.5 Å². The van der Waals surface area contributed by atoms with Crippen molar-refractivity contribution in [3.63, 3.8) is 0 Å². The van der Waals surface area contributed by atoms with E-state index in [0.717, 1.165) is 31.7 Å². The lowest BCUT2D eigenvalue weighted by Crippen LogP contribution is -2.50. The standard InChI is InChI=1S/C20H32N2O3/c1-19(2,3)16-5-7-17(8-6-16)25-14-13-22-18(23)20(15-24-4)9-11-21-12-10-20/h5-8,21H,9-15H2,1-4H3,(H,22,23). The number of hydrogen-bond acceptors (Lipinski definition) is 4. The van der Waals surface area contributed by atoms with Crippen molar-refractivity contribution in [2.75, 3.05) is 40.0 Å². The summed E-state index contributed by atoms with van der Waals surface area (Å²) in [5.41, 5.74) is 1.01. The molecule has 1 amide bonds. The fourth-order valence-electron chi connectivity index (χ4n) is 3.19. The monoisotopic (exact) mass is 348 g/mol. The summed E-state index contributed by atoms with van der Waals surface area (Å²) in [5, 5.41) is 6.31. The highest BCUT2D eigenvalue weighted by molar-refractivity contribution is 5.83. The topological polar surface area (TPSA) is 59.6 Å². The first kappa shape index (κ1) is 19.7. The summed E-state index contributed by atoms with van der Waals surface area (Å²) in [5.74, 6) is 0.901. The maximum Gasteiger partial charge on any atom is 0.228 e. The molecule has 2 rings (SSSR count). The van der Waals surface area contributed by atoms with Crippen molar-refractivity contribution in [2.24, 2.45) is 5.41 Å². The fourth-order valence-corrected chi connectivity index (χ4v) is 3.19. The van der Waals surface area contributed by atoms with Crippen LogP contribution in [0.2, 0.25) is 0 Å². The number of carbonyl (C=O) groups is 1. The number of amides is 1. The van der Waals surface area contributed by atoms with E-state index >= 15 is 0 Å². The first-order chi connectivity index (χ1) is 11.9. The number of benzene rings is 1. The maximum absolute atomic E-state index is 12.6. The second-order valence-corrected chi connectivity index (χ2v) is 7.84. The van der Waals surface area contributed by atoms with Gasteiger partial charge in [-0.25, -0.2) is 0 Å². The Morgan fingerprint density at radius 2 is 1.84 bits per heavy atom. The van der Waals surface area contributed by atoms with Gasteiger partial charge in [0.05, 0.1) is 18.6 Å². The van der Waals surface area contributed by atoms with Crippen molar-refractivity contribution in [3.05, 3.63) is 29.8 Å². The Hall–Kier alpha value is -1.59. The fraction of sp³-hybridized carbons (Fsp3) is 0.650. The van der Waals surface area contributed by atoms with Gasteiger partial charge >= 0.3 is 0 Å². The molecule has 1 fully saturated rings. The van der Waals surface area contributed by atoms with Gasteiger partial charge in [-0.2, -0.15) is 0 Å². The van der Waals surface area contributed by atoms with Gasteiger partial charge in [-0.3, -0.25) is 4.79 Å². The highest BCUT2D eigenvalue weighted by Gasteiger charge is 2.39. The van der Waals surface area contributed by atoms with Crippen LogP contribution in [0.15, 0.2) is 24.3 Å². The molecule has 1 saturated heterocycles. The predicted molar refractivity (Wildman–Crippen MR) is 100 cm³/mol. The van der Waals surface area contributed by atoms with E-state index in [1.54, 1.807) is 7.11 Å². The highest BCUT2D eigenvalue weighted by atomic mass is 16.5. The molecule has 25 heavy (non-hydrogen) atoms. The molecule has 1 aromatic rings. The quantitative estimate of drug-likeness (QED) is 0.743. The average molecular weight is 348 g/mol. The number of rotatable bonds is 7. The third kappa shape index (κ3) is 5.44. The number of nitrogens with one attached hydrogen (secondary N) is 2. The van der Waals surface area contributed by atoms with Crippen molar-refractivity contribution in [3.8, 4) is 5.75 Å². The van der Waals surface area contributed by atoms with Crippen LogP contribution in [0, 0.1) is 5.41 Å². The third-order valence-electron chi connectivity index (χ3n) is 4.84. The Morgan fingerprint density at radius 3 is 2.40 bits per heavy atom. The summed E-state index contributed by atoms with van der Waals surface area (Å²) >= 11 is 0. The minimum absolute atomic E-state index is 0.0718. The van der Waals surface area contributed by atoms with E-state index < -0.39 is 5.41 Å². The molecule has 0 unspecified atom stereocenters. The highest BCUT2D eigenvalue weighted by Crippen LogP contribution is 2.29. The van der Waals surface area contributed by atoms with Crippen molar-refractivity contribution >= 4 is 5.91 Å². The van der Waals surface area contributed by atoms with E-state index in [4.69, 9.17) is 9.47 Å². The van der Waals surface area contributed by atoms with Crippen LogP contribution in [0.25, 0.3) is 0 Å². The summed E-state index contributed by atoms with van der Waals surface area (Å²) in [7, 11) is 1.65. The molecule has 1 heterocycles. The maximum atomic E-state index is 12.6. The van der Waals surface area contributed by atoms with Gasteiger partial charge in [0.1, 0.15) is 12.4 Å². The second-order valence-electron chi connectivity index (χ2n) is 7.84. The zero-order valence-electron chi connectivity index (χ0n) is 16.0. The minimum Gasteiger partial charge on any atom is -0.492 e. The van der Waals surface area contributed by atoms with Gasteiger partial charge in [0.2, 0.25) is 5.91 Å². The first-order valence-electron chi connectivity index (χ1n) is 9.09. The molecule has 2 N–H and O–H groups in total. The van der Waals surface area contributed by atoms with Crippen LogP contribution < -0.4 is 15.4 Å². The number of hydrogen-bond donors (Lipinski definition) is 2. The van der Waals surface area contributed by atoms with Crippen LogP contribution in [0.1, 0.15) is 39.2 Å². The Balaban J connectivity index is 1.79. The lowest BCUT2D eigenvalue weighted by molar-refractivity contribution is -0.136. The molecule has 0 spiro atoms. The first-order valence-corrected chi connectivity index (χ1v) is 9.09. The van der Waals surface area contributed by atoms with Gasteiger partial charge in [0, 0.05) is 7.11 Å². The van der Waals surface area contributed by atoms with Crippen LogP contribution in [-0.2, 0) is 14.9 Å². The van der Waals surface area contributed by atoms with Crippen molar-refractivity contribution in [2.45, 2.75) is 39.0 Å². The van der Waals surface area contributed by atoms with Gasteiger partial charge in [-0.1, -0.05) is 32.9 Å². The molecule has 0 radical (unpaired) electrons. The second kappa shape index (κ2) is 8.68. The lowest BCUT2D eigenvalue weighted by atomic mass is 9.78. The number of methoxy groups -OCH3 is 1. The van der Waals surface area contributed by atoms with Crippen molar-refractivity contribution in [1.82, 2.24) is 10.6 Å². The van der Waals surface area contributed by atoms with Crippen LogP contribution in [0.4, 0.5) is 0 Å². The van der Waals surface area contributed by atoms with E-state index in [-0.39, 0.29) is 11.3 Å². The number of ether oxygens (including phenoxy) is 2. The van der Waals surface area contributed by atoms with E-state index in [1.165, 1.54) is 5.56 Å². The lowest BCUT2D eigenvalue weighted by Gasteiger charge is -2.35. The van der Waals surface area contributed by atoms with Gasteiger partial charge in [0.25, 0.3) is 0 Å². The SMILES string of the molecule is COCC1(C(=O)NCCOc2ccc(C(C)(C)C)cc2)CCNCC1. The molecule has 1 aromatic carbocycles. The number of piperidine rings is 1. The molecule has 0 bridgehead atoms.